The highest BCUT2D eigenvalue weighted by Gasteiger charge is 2.52. The third kappa shape index (κ3) is 12.0. The van der Waals surface area contributed by atoms with Crippen molar-refractivity contribution in [1.82, 2.24) is 39.2 Å². The number of hydrogen-bond acceptors (Lipinski definition) is 6. The van der Waals surface area contributed by atoms with Crippen LogP contribution >= 0.6 is 0 Å². The third-order valence-electron chi connectivity index (χ3n) is 26.1. The lowest BCUT2D eigenvalue weighted by Crippen LogP contribution is -2.25. The van der Waals surface area contributed by atoms with E-state index >= 15 is 0 Å². The molecule has 0 saturated carbocycles. The molecule has 6 heterocycles. The highest BCUT2D eigenvalue weighted by molar-refractivity contribution is 6.11. The van der Waals surface area contributed by atoms with Gasteiger partial charge >= 0.3 is 0 Å². The molecule has 0 bridgehead atoms. The summed E-state index contributed by atoms with van der Waals surface area (Å²) in [6.07, 6.45) is 0. The maximum absolute atomic E-state index is 5.49. The average molecular weight is 1610 g/mol. The van der Waals surface area contributed by atoms with Crippen LogP contribution in [0.3, 0.4) is 0 Å². The van der Waals surface area contributed by atoms with Crippen LogP contribution in [0.15, 0.2) is 437 Å². The van der Waals surface area contributed by atoms with Crippen molar-refractivity contribution in [3.05, 3.63) is 470 Å². The van der Waals surface area contributed by atoms with Gasteiger partial charge in [0.15, 0.2) is 11.6 Å². The van der Waals surface area contributed by atoms with E-state index in [4.69, 9.17) is 30.1 Å². The molecule has 25 rings (SSSR count). The van der Waals surface area contributed by atoms with Gasteiger partial charge in [-0.15, -0.1) is 0 Å². The molecule has 0 N–H and O–H groups in total. The fourth-order valence-electron chi connectivity index (χ4n) is 20.2. The smallest absolute Gasteiger partial charge is 0.160 e. The molecule has 3 aliphatic rings. The van der Waals surface area contributed by atoms with Crippen molar-refractivity contribution in [3.63, 3.8) is 0 Å². The molecule has 0 radical (unpaired) electrons. The van der Waals surface area contributed by atoms with Crippen LogP contribution in [0.4, 0.5) is 0 Å². The van der Waals surface area contributed by atoms with Crippen molar-refractivity contribution < 1.29 is 0 Å². The molecule has 0 amide bonds. The van der Waals surface area contributed by atoms with E-state index < -0.39 is 5.41 Å². The van der Waals surface area contributed by atoms with E-state index in [1.807, 2.05) is 24.3 Å². The Balaban J connectivity index is 0.000000143. The Morgan fingerprint density at radius 1 is 0.206 bits per heavy atom. The number of aromatic nitrogens is 8. The maximum atomic E-state index is 5.49. The Morgan fingerprint density at radius 3 is 0.889 bits per heavy atom. The molecular formula is C118H78N8. The van der Waals surface area contributed by atoms with Crippen LogP contribution in [-0.4, -0.2) is 39.2 Å². The van der Waals surface area contributed by atoms with Gasteiger partial charge < -0.3 is 0 Å². The van der Waals surface area contributed by atoms with Gasteiger partial charge in [0.05, 0.1) is 50.6 Å². The van der Waals surface area contributed by atoms with Crippen LogP contribution in [0.25, 0.3) is 201 Å². The van der Waals surface area contributed by atoms with Crippen molar-refractivity contribution in [2.45, 2.75) is 24.7 Å². The first kappa shape index (κ1) is 73.5. The minimum absolute atomic E-state index is 0.111. The van der Waals surface area contributed by atoms with Crippen LogP contribution in [0.2, 0.25) is 0 Å². The second-order valence-corrected chi connectivity index (χ2v) is 33.6. The zero-order chi connectivity index (χ0) is 83.6. The first-order valence-electron chi connectivity index (χ1n) is 43.1. The molecule has 1 spiro atoms. The highest BCUT2D eigenvalue weighted by Crippen LogP contribution is 2.63. The lowest BCUT2D eigenvalue weighted by atomic mass is 9.70. The van der Waals surface area contributed by atoms with Crippen LogP contribution < -0.4 is 0 Å². The van der Waals surface area contributed by atoms with Crippen LogP contribution in [0, 0.1) is 0 Å². The van der Waals surface area contributed by atoms with Crippen molar-refractivity contribution in [3.8, 4) is 168 Å². The fourth-order valence-corrected chi connectivity index (χ4v) is 20.2. The summed E-state index contributed by atoms with van der Waals surface area (Å²) in [4.78, 5) is 21.0. The summed E-state index contributed by atoms with van der Waals surface area (Å²) in [5.74, 6) is 1.39. The second-order valence-electron chi connectivity index (χ2n) is 33.6. The van der Waals surface area contributed by atoms with Crippen LogP contribution in [0.5, 0.6) is 0 Å². The highest BCUT2D eigenvalue weighted by atomic mass is 15.2. The van der Waals surface area contributed by atoms with Gasteiger partial charge in [-0.05, 0) is 125 Å². The zero-order valence-electron chi connectivity index (χ0n) is 69.1. The normalized spacial score (nSPS) is 12.8. The monoisotopic (exact) mass is 1610 g/mol. The van der Waals surface area contributed by atoms with Crippen LogP contribution in [0.1, 0.15) is 47.2 Å². The number of fused-ring (bicyclic) bond motifs is 19. The Labute approximate surface area is 730 Å². The molecular weight excluding hydrogens is 1530 g/mol. The summed E-state index contributed by atoms with van der Waals surface area (Å²) in [5.41, 5.74) is 39.6. The minimum atomic E-state index is -0.451. The maximum Gasteiger partial charge on any atom is 0.160 e. The van der Waals surface area contributed by atoms with Gasteiger partial charge in [-0.25, -0.2) is 29.0 Å². The Hall–Kier alpha value is -16.4. The van der Waals surface area contributed by atoms with E-state index in [1.54, 1.807) is 0 Å². The Bertz CT molecular complexity index is 8000. The summed E-state index contributed by atoms with van der Waals surface area (Å²) in [6.45, 7) is 4.64. The van der Waals surface area contributed by atoms with Gasteiger partial charge in [-0.3, -0.25) is 0 Å². The molecule has 126 heavy (non-hydrogen) atoms. The molecule has 6 aromatic heterocycles. The van der Waals surface area contributed by atoms with Crippen molar-refractivity contribution in [1.29, 1.82) is 0 Å². The molecule has 0 fully saturated rings. The Morgan fingerprint density at radius 2 is 0.492 bits per heavy atom. The van der Waals surface area contributed by atoms with Crippen molar-refractivity contribution >= 4 is 32.6 Å². The molecule has 0 atom stereocenters. The number of benzene rings is 16. The summed E-state index contributed by atoms with van der Waals surface area (Å²) in [6, 6.07) is 156. The first-order valence-corrected chi connectivity index (χ1v) is 43.1. The molecule has 590 valence electrons. The number of pyridine rings is 2. The van der Waals surface area contributed by atoms with Crippen LogP contribution in [-0.2, 0) is 10.8 Å². The molecule has 8 heteroatoms. The largest absolute Gasteiger partial charge is 0.231 e. The molecule has 8 nitrogen and oxygen atoms in total. The number of hydrogen-bond donors (Lipinski definition) is 0. The van der Waals surface area contributed by atoms with Gasteiger partial charge in [0, 0.05) is 82.9 Å². The lowest BCUT2D eigenvalue weighted by Gasteiger charge is -2.30. The molecule has 3 aliphatic carbocycles. The van der Waals surface area contributed by atoms with Gasteiger partial charge in [-0.2, -0.15) is 10.2 Å². The number of rotatable bonds is 12. The molecule has 0 aliphatic heterocycles. The first-order chi connectivity index (χ1) is 62.2. The molecule has 22 aromatic rings. The molecule has 16 aromatic carbocycles. The van der Waals surface area contributed by atoms with E-state index in [2.05, 4.69) is 435 Å². The van der Waals surface area contributed by atoms with E-state index in [-0.39, 0.29) is 5.41 Å². The standard InChI is InChI=1S/C64H40N4.C54H38N4/c1-4-18-42(19-5-1)59-39-46-24-10-11-25-48(46)62-60(43-20-6-2-7-21-43)61(67-68(59)62)44-34-32-41(33-35-44)57-40-58(66-63(65-57)45-22-8-3-9-23-45)47-36-37-52-51-28-14-17-31-55(51)64(56(52)38-47)53-29-15-12-26-49(53)50-27-13-16-30-54(50)64;1-54(2)45-25-15-14-24-43(45)44-31-30-41(32-46(44)54)48-34-47(55-53(56-48)39-20-10-5-11-21-39)35-26-28-38(29-27-35)51-50(37-18-8-4-9-19-37)52-42-23-13-12-22-40(42)33-49(58(52)57-51)36-16-6-3-7-17-36/h1-40H;3-34H,1-2H3. The van der Waals surface area contributed by atoms with E-state index in [0.29, 0.717) is 11.6 Å². The average Bonchev–Trinajstić information content (AvgIpc) is 1.51. The number of nitrogens with zero attached hydrogens (tertiary/aromatic N) is 8. The van der Waals surface area contributed by atoms with E-state index in [0.717, 1.165) is 145 Å². The van der Waals surface area contributed by atoms with Gasteiger partial charge in [0.1, 0.15) is 11.4 Å². The summed E-state index contributed by atoms with van der Waals surface area (Å²) in [7, 11) is 0. The van der Waals surface area contributed by atoms with Crippen molar-refractivity contribution in [2.24, 2.45) is 0 Å². The second kappa shape index (κ2) is 29.7. The summed E-state index contributed by atoms with van der Waals surface area (Å²) >= 11 is 0. The van der Waals surface area contributed by atoms with Crippen molar-refractivity contribution in [2.75, 3.05) is 0 Å². The summed E-state index contributed by atoms with van der Waals surface area (Å²) in [5, 5.41) is 15.6. The van der Waals surface area contributed by atoms with Gasteiger partial charge in [0.25, 0.3) is 0 Å². The lowest BCUT2D eigenvalue weighted by molar-refractivity contribution is 0.660. The van der Waals surface area contributed by atoms with E-state index in [9.17, 15) is 0 Å². The third-order valence-corrected chi connectivity index (χ3v) is 26.1. The summed E-state index contributed by atoms with van der Waals surface area (Å²) < 4.78 is 4.29. The SMILES string of the molecule is CC1(C)c2ccccc2-c2ccc(-c3cc(-c4ccc(-c5nn6c(-c7ccccc7)cc7ccccc7c6c5-c5ccccc5)cc4)nc(-c4ccccc4)n3)cc21.c1ccc(-c2nc(-c3ccc(-c4nn5c(-c6ccccc6)cc6ccccc6c5c4-c4ccccc4)cc3)cc(-c3ccc4c(c3)C3(c5ccccc5-c5ccccc53)c3ccccc3-4)n2)cc1. The Kier molecular flexibility index (Phi) is 17.3. The minimum Gasteiger partial charge on any atom is -0.231 e. The molecule has 0 unspecified atom stereocenters. The quantitative estimate of drug-likeness (QED) is 0.121. The zero-order valence-corrected chi connectivity index (χ0v) is 69.1. The van der Waals surface area contributed by atoms with Gasteiger partial charge in [0.2, 0.25) is 0 Å². The topological polar surface area (TPSA) is 86.2 Å². The van der Waals surface area contributed by atoms with Gasteiger partial charge in [-0.1, -0.05) is 414 Å². The predicted molar refractivity (Wildman–Crippen MR) is 516 cm³/mol. The predicted octanol–water partition coefficient (Wildman–Crippen LogP) is 29.2. The van der Waals surface area contributed by atoms with E-state index in [1.165, 1.54) is 77.5 Å². The molecule has 0 saturated heterocycles. The fraction of sp³-hybridized carbons (Fsp3) is 0.0339.